The zero-order valence-corrected chi connectivity index (χ0v) is 16.7. The minimum atomic E-state index is -0.922. The summed E-state index contributed by atoms with van der Waals surface area (Å²) in [7, 11) is 1.62. The molecule has 0 saturated carbocycles. The Bertz CT molecular complexity index is 1170. The standard InChI is InChI=1S/C23H17ClF2N2O2/c1-29-16-4-2-3-13(9-16)20-12-21-17-11-15(24)6-8-22(17)30-23(28(21)27-20)14-5-7-18(25)19(26)10-14/h2-12,21,23,27H,1H3. The van der Waals surface area contributed by atoms with Crippen molar-refractivity contribution in [1.29, 1.82) is 0 Å². The molecule has 4 nitrogen and oxygen atoms in total. The first-order valence-corrected chi connectivity index (χ1v) is 9.73. The quantitative estimate of drug-likeness (QED) is 0.589. The van der Waals surface area contributed by atoms with E-state index in [1.54, 1.807) is 19.2 Å². The molecule has 2 heterocycles. The summed E-state index contributed by atoms with van der Waals surface area (Å²) in [6, 6.07) is 16.6. The van der Waals surface area contributed by atoms with Gasteiger partial charge in [0, 0.05) is 21.7 Å². The van der Waals surface area contributed by atoms with Crippen molar-refractivity contribution in [2.75, 3.05) is 7.11 Å². The van der Waals surface area contributed by atoms with Crippen LogP contribution in [0, 0.1) is 11.6 Å². The van der Waals surface area contributed by atoms with Gasteiger partial charge in [0.1, 0.15) is 11.5 Å². The van der Waals surface area contributed by atoms with Gasteiger partial charge in [0.2, 0.25) is 0 Å². The van der Waals surface area contributed by atoms with E-state index in [9.17, 15) is 8.78 Å². The van der Waals surface area contributed by atoms with Gasteiger partial charge in [-0.05, 0) is 48.5 Å². The summed E-state index contributed by atoms with van der Waals surface area (Å²) >= 11 is 6.23. The van der Waals surface area contributed by atoms with Gasteiger partial charge in [-0.3, -0.25) is 0 Å². The van der Waals surface area contributed by atoms with E-state index in [1.165, 1.54) is 6.07 Å². The highest BCUT2D eigenvalue weighted by molar-refractivity contribution is 6.30. The molecular weight excluding hydrogens is 410 g/mol. The van der Waals surface area contributed by atoms with Crippen molar-refractivity contribution in [2.24, 2.45) is 0 Å². The highest BCUT2D eigenvalue weighted by Crippen LogP contribution is 2.46. The van der Waals surface area contributed by atoms with Crippen LogP contribution in [0.15, 0.2) is 66.7 Å². The minimum Gasteiger partial charge on any atom is -0.497 e. The number of nitrogens with zero attached hydrogens (tertiary/aromatic N) is 1. The van der Waals surface area contributed by atoms with Crippen LogP contribution in [0.5, 0.6) is 11.5 Å². The van der Waals surface area contributed by atoms with Crippen molar-refractivity contribution in [1.82, 2.24) is 10.4 Å². The van der Waals surface area contributed by atoms with E-state index in [0.717, 1.165) is 34.7 Å². The smallest absolute Gasteiger partial charge is 0.196 e. The van der Waals surface area contributed by atoms with E-state index in [0.29, 0.717) is 16.3 Å². The highest BCUT2D eigenvalue weighted by atomic mass is 35.5. The third-order valence-corrected chi connectivity index (χ3v) is 5.50. The molecule has 1 N–H and O–H groups in total. The number of ether oxygens (including phenoxy) is 2. The molecule has 3 aromatic carbocycles. The summed E-state index contributed by atoms with van der Waals surface area (Å²) in [6.07, 6.45) is 1.39. The number of methoxy groups -OCH3 is 1. The zero-order chi connectivity index (χ0) is 20.8. The molecule has 30 heavy (non-hydrogen) atoms. The van der Waals surface area contributed by atoms with Crippen LogP contribution in [0.3, 0.4) is 0 Å². The molecule has 0 aromatic heterocycles. The second-order valence-electron chi connectivity index (χ2n) is 7.10. The molecule has 0 spiro atoms. The van der Waals surface area contributed by atoms with Crippen LogP contribution >= 0.6 is 11.6 Å². The molecule has 0 bridgehead atoms. The molecule has 2 unspecified atom stereocenters. The van der Waals surface area contributed by atoms with Crippen molar-refractivity contribution in [3.05, 3.63) is 100 Å². The van der Waals surface area contributed by atoms with Gasteiger partial charge in [0.05, 0.1) is 18.8 Å². The lowest BCUT2D eigenvalue weighted by Gasteiger charge is -2.39. The molecule has 2 aliphatic heterocycles. The molecule has 0 aliphatic carbocycles. The van der Waals surface area contributed by atoms with Crippen LogP contribution in [-0.4, -0.2) is 12.1 Å². The van der Waals surface area contributed by atoms with Crippen LogP contribution in [-0.2, 0) is 0 Å². The van der Waals surface area contributed by atoms with E-state index in [1.807, 2.05) is 35.3 Å². The van der Waals surface area contributed by atoms with Crippen molar-refractivity contribution in [3.8, 4) is 11.5 Å². The largest absolute Gasteiger partial charge is 0.497 e. The van der Waals surface area contributed by atoms with Gasteiger partial charge < -0.3 is 14.9 Å². The number of hydrogen-bond acceptors (Lipinski definition) is 4. The molecule has 0 radical (unpaired) electrons. The van der Waals surface area contributed by atoms with Crippen molar-refractivity contribution in [2.45, 2.75) is 12.3 Å². The number of hydrazine groups is 1. The fourth-order valence-corrected chi connectivity index (χ4v) is 3.99. The first-order chi connectivity index (χ1) is 14.5. The third kappa shape index (κ3) is 3.18. The molecule has 0 amide bonds. The fraction of sp³-hybridized carbons (Fsp3) is 0.130. The third-order valence-electron chi connectivity index (χ3n) is 5.27. The zero-order valence-electron chi connectivity index (χ0n) is 15.9. The molecular formula is C23H17ClF2N2O2. The lowest BCUT2D eigenvalue weighted by Crippen LogP contribution is -2.43. The Kier molecular flexibility index (Phi) is 4.60. The van der Waals surface area contributed by atoms with Crippen LogP contribution < -0.4 is 14.9 Å². The van der Waals surface area contributed by atoms with Gasteiger partial charge in [-0.2, -0.15) is 5.01 Å². The van der Waals surface area contributed by atoms with E-state index in [4.69, 9.17) is 21.1 Å². The number of nitrogens with one attached hydrogen (secondary N) is 1. The minimum absolute atomic E-state index is 0.216. The molecule has 2 atom stereocenters. The summed E-state index contributed by atoms with van der Waals surface area (Å²) in [6.45, 7) is 0. The van der Waals surface area contributed by atoms with Gasteiger partial charge in [-0.25, -0.2) is 8.78 Å². The molecule has 0 fully saturated rings. The SMILES string of the molecule is COc1cccc(C2=CC3c4cc(Cl)ccc4OC(c4ccc(F)c(F)c4)N3N2)c1. The Morgan fingerprint density at radius 2 is 1.90 bits per heavy atom. The predicted molar refractivity (Wildman–Crippen MR) is 110 cm³/mol. The van der Waals surface area contributed by atoms with Gasteiger partial charge in [-0.1, -0.05) is 29.8 Å². The number of halogens is 3. The van der Waals surface area contributed by atoms with Crippen molar-refractivity contribution < 1.29 is 18.3 Å². The Balaban J connectivity index is 1.59. The molecule has 7 heteroatoms. The van der Waals surface area contributed by atoms with Gasteiger partial charge >= 0.3 is 0 Å². The first kappa shape index (κ1) is 18.9. The van der Waals surface area contributed by atoms with Gasteiger partial charge in [0.15, 0.2) is 17.9 Å². The van der Waals surface area contributed by atoms with E-state index in [2.05, 4.69) is 11.5 Å². The van der Waals surface area contributed by atoms with Crippen LogP contribution in [0.25, 0.3) is 5.70 Å². The molecule has 3 aromatic rings. The van der Waals surface area contributed by atoms with Crippen molar-refractivity contribution >= 4 is 17.3 Å². The maximum atomic E-state index is 13.9. The number of benzene rings is 3. The fourth-order valence-electron chi connectivity index (χ4n) is 3.81. The average Bonchev–Trinajstić information content (AvgIpc) is 3.21. The topological polar surface area (TPSA) is 33.7 Å². The maximum Gasteiger partial charge on any atom is 0.196 e. The van der Waals surface area contributed by atoms with Gasteiger partial charge in [-0.15, -0.1) is 0 Å². The highest BCUT2D eigenvalue weighted by Gasteiger charge is 2.40. The number of rotatable bonds is 3. The number of hydrogen-bond donors (Lipinski definition) is 1. The lowest BCUT2D eigenvalue weighted by molar-refractivity contribution is -0.0328. The Morgan fingerprint density at radius 3 is 2.70 bits per heavy atom. The maximum absolute atomic E-state index is 13.9. The Morgan fingerprint density at radius 1 is 1.03 bits per heavy atom. The Labute approximate surface area is 177 Å². The summed E-state index contributed by atoms with van der Waals surface area (Å²) in [5.74, 6) is -0.449. The van der Waals surface area contributed by atoms with Crippen LogP contribution in [0.1, 0.15) is 29.0 Å². The van der Waals surface area contributed by atoms with Crippen molar-refractivity contribution in [3.63, 3.8) is 0 Å². The molecule has 2 aliphatic rings. The summed E-state index contributed by atoms with van der Waals surface area (Å²) < 4.78 is 38.9. The van der Waals surface area contributed by atoms with E-state index in [-0.39, 0.29) is 6.04 Å². The predicted octanol–water partition coefficient (Wildman–Crippen LogP) is 5.62. The monoisotopic (exact) mass is 426 g/mol. The summed E-state index contributed by atoms with van der Waals surface area (Å²) in [5, 5.41) is 2.45. The summed E-state index contributed by atoms with van der Waals surface area (Å²) in [4.78, 5) is 0. The van der Waals surface area contributed by atoms with Gasteiger partial charge in [0.25, 0.3) is 0 Å². The average molecular weight is 427 g/mol. The normalized spacial score (nSPS) is 19.9. The van der Waals surface area contributed by atoms with Crippen LogP contribution in [0.2, 0.25) is 5.02 Å². The molecule has 152 valence electrons. The number of fused-ring (bicyclic) bond motifs is 3. The second kappa shape index (κ2) is 7.31. The lowest BCUT2D eigenvalue weighted by atomic mass is 10.0. The van der Waals surface area contributed by atoms with E-state index >= 15 is 0 Å². The molecule has 5 rings (SSSR count). The second-order valence-corrected chi connectivity index (χ2v) is 7.54. The van der Waals surface area contributed by atoms with Crippen LogP contribution in [0.4, 0.5) is 8.78 Å². The Hall–Kier alpha value is -3.09. The van der Waals surface area contributed by atoms with E-state index < -0.39 is 17.9 Å². The first-order valence-electron chi connectivity index (χ1n) is 9.36. The summed E-state index contributed by atoms with van der Waals surface area (Å²) in [5.41, 5.74) is 6.51. The molecule has 0 saturated heterocycles.